The van der Waals surface area contributed by atoms with Crippen LogP contribution >= 0.6 is 0 Å². The van der Waals surface area contributed by atoms with Gasteiger partial charge in [0.2, 0.25) is 5.91 Å². The van der Waals surface area contributed by atoms with Gasteiger partial charge in [0, 0.05) is 26.0 Å². The zero-order chi connectivity index (χ0) is 20.8. The van der Waals surface area contributed by atoms with Gasteiger partial charge in [-0.15, -0.1) is 0 Å². The first-order valence-corrected chi connectivity index (χ1v) is 10.2. The number of likely N-dealkylation sites (N-methyl/N-ethyl adjacent to an activating group) is 1. The van der Waals surface area contributed by atoms with Crippen LogP contribution in [-0.2, 0) is 23.5 Å². The summed E-state index contributed by atoms with van der Waals surface area (Å²) in [5, 5.41) is 2.86. The van der Waals surface area contributed by atoms with Crippen LogP contribution in [0.4, 0.5) is 0 Å². The van der Waals surface area contributed by atoms with E-state index in [4.69, 9.17) is 4.74 Å². The minimum atomic E-state index is -0.749. The molecule has 30 heavy (non-hydrogen) atoms. The second-order valence-corrected chi connectivity index (χ2v) is 7.44. The average Bonchev–Trinajstić information content (AvgIpc) is 3.23. The minimum absolute atomic E-state index is 0.0127. The van der Waals surface area contributed by atoms with E-state index < -0.39 is 5.54 Å². The molecule has 1 amide bonds. The molecule has 0 aliphatic carbocycles. The van der Waals surface area contributed by atoms with Gasteiger partial charge in [0.25, 0.3) is 0 Å². The summed E-state index contributed by atoms with van der Waals surface area (Å²) in [7, 11) is 1.69. The molecule has 0 spiro atoms. The maximum absolute atomic E-state index is 13.0. The largest absolute Gasteiger partial charge is 0.487 e. The summed E-state index contributed by atoms with van der Waals surface area (Å²) in [4.78, 5) is 24.1. The zero-order valence-electron chi connectivity index (χ0n) is 17.1. The van der Waals surface area contributed by atoms with Gasteiger partial charge < -0.3 is 10.1 Å². The fourth-order valence-corrected chi connectivity index (χ4v) is 4.16. The standard InChI is InChI=1S/C24H26N4O2/c1-25-23(29)24(22-11-3-5-14-27-22)12-7-15-28(24)17-19-8-6-10-21(16-19)30-18-20-9-2-4-13-26-20/h2-6,8-11,13-14,16H,7,12,15,17-18H2,1H3,(H,25,29)/t24-/m0/s1. The maximum Gasteiger partial charge on any atom is 0.246 e. The number of aromatic nitrogens is 2. The molecule has 1 saturated heterocycles. The highest BCUT2D eigenvalue weighted by Crippen LogP contribution is 2.39. The van der Waals surface area contributed by atoms with Crippen LogP contribution in [0.3, 0.4) is 0 Å². The predicted octanol–water partition coefficient (Wildman–Crippen LogP) is 3.29. The Kier molecular flexibility index (Phi) is 6.05. The first-order chi connectivity index (χ1) is 14.7. The van der Waals surface area contributed by atoms with E-state index in [9.17, 15) is 4.79 Å². The van der Waals surface area contributed by atoms with Crippen molar-refractivity contribution in [3.8, 4) is 5.75 Å². The number of nitrogens with one attached hydrogen (secondary N) is 1. The van der Waals surface area contributed by atoms with Crippen molar-refractivity contribution >= 4 is 5.91 Å². The number of likely N-dealkylation sites (tertiary alicyclic amines) is 1. The Hall–Kier alpha value is -3.25. The molecule has 0 unspecified atom stereocenters. The van der Waals surface area contributed by atoms with E-state index >= 15 is 0 Å². The first-order valence-electron chi connectivity index (χ1n) is 10.2. The van der Waals surface area contributed by atoms with Crippen molar-refractivity contribution in [2.75, 3.05) is 13.6 Å². The van der Waals surface area contributed by atoms with Crippen molar-refractivity contribution in [3.05, 3.63) is 90.0 Å². The normalized spacial score (nSPS) is 18.8. The first kappa shape index (κ1) is 20.0. The summed E-state index contributed by atoms with van der Waals surface area (Å²) in [6, 6.07) is 19.6. The van der Waals surface area contributed by atoms with Gasteiger partial charge in [0.1, 0.15) is 17.9 Å². The quantitative estimate of drug-likeness (QED) is 0.657. The third-order valence-electron chi connectivity index (χ3n) is 5.58. The molecule has 154 valence electrons. The molecule has 1 fully saturated rings. The molecule has 0 radical (unpaired) electrons. The van der Waals surface area contributed by atoms with Gasteiger partial charge in [0.15, 0.2) is 0 Å². The molecule has 1 aliphatic heterocycles. The van der Waals surface area contributed by atoms with Crippen LogP contribution < -0.4 is 10.1 Å². The molecular formula is C24H26N4O2. The van der Waals surface area contributed by atoms with Gasteiger partial charge in [0.05, 0.1) is 11.4 Å². The Morgan fingerprint density at radius 2 is 1.93 bits per heavy atom. The van der Waals surface area contributed by atoms with Crippen LogP contribution in [0.15, 0.2) is 73.1 Å². The molecule has 3 heterocycles. The number of pyridine rings is 2. The van der Waals surface area contributed by atoms with Gasteiger partial charge in [-0.25, -0.2) is 0 Å². The molecule has 4 rings (SSSR count). The maximum atomic E-state index is 13.0. The van der Waals surface area contributed by atoms with Crippen molar-refractivity contribution < 1.29 is 9.53 Å². The van der Waals surface area contributed by atoms with Crippen LogP contribution in [0.1, 0.15) is 29.8 Å². The molecule has 0 bridgehead atoms. The van der Waals surface area contributed by atoms with Crippen molar-refractivity contribution in [1.82, 2.24) is 20.2 Å². The molecule has 1 N–H and O–H groups in total. The number of carbonyl (C=O) groups is 1. The predicted molar refractivity (Wildman–Crippen MR) is 115 cm³/mol. The molecule has 1 aliphatic rings. The average molecular weight is 402 g/mol. The van der Waals surface area contributed by atoms with Crippen molar-refractivity contribution in [3.63, 3.8) is 0 Å². The molecule has 6 heteroatoms. The molecule has 6 nitrogen and oxygen atoms in total. The number of nitrogens with zero attached hydrogens (tertiary/aromatic N) is 3. The van der Waals surface area contributed by atoms with Gasteiger partial charge >= 0.3 is 0 Å². The smallest absolute Gasteiger partial charge is 0.246 e. The fourth-order valence-electron chi connectivity index (χ4n) is 4.16. The van der Waals surface area contributed by atoms with Crippen LogP contribution in [0.2, 0.25) is 0 Å². The van der Waals surface area contributed by atoms with Crippen molar-refractivity contribution in [2.45, 2.75) is 31.5 Å². The second kappa shape index (κ2) is 9.05. The van der Waals surface area contributed by atoms with E-state index in [1.807, 2.05) is 54.6 Å². The Bertz CT molecular complexity index is 981. The monoisotopic (exact) mass is 402 g/mol. The third kappa shape index (κ3) is 4.04. The molecule has 3 aromatic rings. The van der Waals surface area contributed by atoms with E-state index in [1.54, 1.807) is 19.4 Å². The van der Waals surface area contributed by atoms with Gasteiger partial charge in [-0.05, 0) is 61.3 Å². The van der Waals surface area contributed by atoms with E-state index in [1.165, 1.54) is 0 Å². The van der Waals surface area contributed by atoms with Crippen molar-refractivity contribution in [1.29, 1.82) is 0 Å². The van der Waals surface area contributed by atoms with E-state index in [2.05, 4.69) is 26.3 Å². The molecule has 0 saturated carbocycles. The van der Waals surface area contributed by atoms with Crippen LogP contribution in [-0.4, -0.2) is 34.4 Å². The van der Waals surface area contributed by atoms with Crippen molar-refractivity contribution in [2.24, 2.45) is 0 Å². The summed E-state index contributed by atoms with van der Waals surface area (Å²) < 4.78 is 5.93. The minimum Gasteiger partial charge on any atom is -0.487 e. The number of carbonyl (C=O) groups excluding carboxylic acids is 1. The number of hydrogen-bond donors (Lipinski definition) is 1. The van der Waals surface area contributed by atoms with Gasteiger partial charge in [-0.2, -0.15) is 0 Å². The lowest BCUT2D eigenvalue weighted by Crippen LogP contribution is -2.52. The Morgan fingerprint density at radius 1 is 1.10 bits per heavy atom. The van der Waals surface area contributed by atoms with Crippen LogP contribution in [0.25, 0.3) is 0 Å². The highest BCUT2D eigenvalue weighted by atomic mass is 16.5. The van der Waals surface area contributed by atoms with Crippen LogP contribution in [0, 0.1) is 0 Å². The Balaban J connectivity index is 1.54. The molecule has 1 aromatic carbocycles. The number of hydrogen-bond acceptors (Lipinski definition) is 5. The lowest BCUT2D eigenvalue weighted by atomic mass is 9.89. The summed E-state index contributed by atoms with van der Waals surface area (Å²) in [6.45, 7) is 1.90. The summed E-state index contributed by atoms with van der Waals surface area (Å²) >= 11 is 0. The number of amides is 1. The molecular weight excluding hydrogens is 376 g/mol. The summed E-state index contributed by atoms with van der Waals surface area (Å²) in [5.41, 5.74) is 2.03. The lowest BCUT2D eigenvalue weighted by Gasteiger charge is -2.36. The fraction of sp³-hybridized carbons (Fsp3) is 0.292. The molecule has 1 atom stereocenters. The number of rotatable bonds is 7. The van der Waals surface area contributed by atoms with E-state index in [0.29, 0.717) is 13.2 Å². The highest BCUT2D eigenvalue weighted by molar-refractivity contribution is 5.87. The zero-order valence-corrected chi connectivity index (χ0v) is 17.1. The second-order valence-electron chi connectivity index (χ2n) is 7.44. The number of ether oxygens (including phenoxy) is 1. The third-order valence-corrected chi connectivity index (χ3v) is 5.58. The van der Waals surface area contributed by atoms with E-state index in [0.717, 1.165) is 42.1 Å². The Morgan fingerprint density at radius 3 is 2.67 bits per heavy atom. The summed E-state index contributed by atoms with van der Waals surface area (Å²) in [6.07, 6.45) is 5.21. The van der Waals surface area contributed by atoms with E-state index in [-0.39, 0.29) is 5.91 Å². The van der Waals surface area contributed by atoms with Gasteiger partial charge in [-0.3, -0.25) is 19.7 Å². The summed E-state index contributed by atoms with van der Waals surface area (Å²) in [5.74, 6) is 0.780. The highest BCUT2D eigenvalue weighted by Gasteiger charge is 2.49. The van der Waals surface area contributed by atoms with Gasteiger partial charge in [-0.1, -0.05) is 24.3 Å². The Labute approximate surface area is 176 Å². The topological polar surface area (TPSA) is 67.4 Å². The molecule has 2 aromatic heterocycles. The van der Waals surface area contributed by atoms with Crippen LogP contribution in [0.5, 0.6) is 5.75 Å². The SMILES string of the molecule is CNC(=O)[C@@]1(c2ccccn2)CCCN1Cc1cccc(OCc2ccccn2)c1. The lowest BCUT2D eigenvalue weighted by molar-refractivity contribution is -0.132. The number of benzene rings is 1.